The smallest absolute Gasteiger partial charge is 0 e. The Kier molecular flexibility index (Phi) is 30.4. The second-order valence-electron chi connectivity index (χ2n) is 4.14. The summed E-state index contributed by atoms with van der Waals surface area (Å²) in [5.74, 6) is 2.61. The number of nitrogens with two attached hydrogens (primary N) is 1. The van der Waals surface area contributed by atoms with E-state index >= 15 is 0 Å². The van der Waals surface area contributed by atoms with Crippen molar-refractivity contribution in [3.05, 3.63) is 49.8 Å². The van der Waals surface area contributed by atoms with E-state index in [9.17, 15) is 9.59 Å². The first-order valence-corrected chi connectivity index (χ1v) is 7.31. The van der Waals surface area contributed by atoms with E-state index < -0.39 is 11.9 Å². The van der Waals surface area contributed by atoms with Crippen LogP contribution < -0.4 is 5.90 Å². The molecule has 0 saturated carbocycles. The molecule has 0 aromatic heterocycles. The van der Waals surface area contributed by atoms with Gasteiger partial charge < -0.3 is 10.2 Å². The van der Waals surface area contributed by atoms with Gasteiger partial charge in [-0.2, -0.15) is 5.90 Å². The van der Waals surface area contributed by atoms with Crippen LogP contribution >= 0.6 is 12.0 Å². The number of carboxylic acids is 2. The van der Waals surface area contributed by atoms with E-state index in [-0.39, 0.29) is 33.5 Å². The Labute approximate surface area is 179 Å². The van der Waals surface area contributed by atoms with Gasteiger partial charge in [0.15, 0.2) is 0 Å². The molecule has 1 aromatic carbocycles. The molecule has 0 atom stereocenters. The summed E-state index contributed by atoms with van der Waals surface area (Å²) in [7, 11) is 0. The third-order valence-electron chi connectivity index (χ3n) is 2.53. The first-order chi connectivity index (χ1) is 13.0. The summed E-state index contributed by atoms with van der Waals surface area (Å²) in [6.45, 7) is 13.2. The Balaban J connectivity index is -0.000000374. The summed E-state index contributed by atoms with van der Waals surface area (Å²) >= 11 is 0.957. The van der Waals surface area contributed by atoms with Crippen LogP contribution in [0.1, 0.15) is 5.56 Å². The number of carbonyl (C=O) groups is 2. The van der Waals surface area contributed by atoms with E-state index in [1.807, 2.05) is 12.1 Å². The zero-order chi connectivity index (χ0) is 21.7. The van der Waals surface area contributed by atoms with E-state index in [2.05, 4.69) is 29.3 Å². The molecule has 0 aliphatic heterocycles. The van der Waals surface area contributed by atoms with Crippen molar-refractivity contribution in [2.24, 2.45) is 5.90 Å². The molecule has 153 valence electrons. The monoisotopic (exact) mass is 587 g/mol. The van der Waals surface area contributed by atoms with Gasteiger partial charge in [-0.1, -0.05) is 12.1 Å². The third kappa shape index (κ3) is 20.5. The van der Waals surface area contributed by atoms with Gasteiger partial charge in [0, 0.05) is 31.9 Å². The van der Waals surface area contributed by atoms with Crippen LogP contribution in [-0.4, -0.2) is 46.7 Å². The van der Waals surface area contributed by atoms with Gasteiger partial charge in [0.25, 0.3) is 0 Å². The fraction of sp³-hybridized carbons (Fsp3) is 0.267. The third-order valence-corrected chi connectivity index (χ3v) is 3.14. The minimum Gasteiger partial charge on any atom is 0 e. The van der Waals surface area contributed by atoms with Crippen molar-refractivity contribution in [2.45, 2.75) is 11.3 Å². The van der Waals surface area contributed by atoms with Crippen molar-refractivity contribution in [3.63, 3.8) is 0 Å². The van der Waals surface area contributed by atoms with Crippen molar-refractivity contribution in [2.75, 3.05) is 19.6 Å². The summed E-state index contributed by atoms with van der Waals surface area (Å²) in [4.78, 5) is 27.5. The number of rotatable bonds is 10. The van der Waals surface area contributed by atoms with E-state index in [1.165, 1.54) is 4.90 Å². The second kappa shape index (κ2) is 25.2. The van der Waals surface area contributed by atoms with Crippen LogP contribution in [-0.2, 0) is 59.7 Å². The molecule has 1 radical (unpaired) electrons. The summed E-state index contributed by atoms with van der Waals surface area (Å²) in [6.07, 6.45) is 0.541. The Morgan fingerprint density at radius 3 is 1.79 bits per heavy atom. The summed E-state index contributed by atoms with van der Waals surface area (Å²) in [5.41, 5.74) is 0.953. The second-order valence-corrected chi connectivity index (χ2v) is 4.91. The standard InChI is InChI=1S/C12H16N2O6S.3CO.Re/c13-19-20-21-10-3-1-9(2-4-10)5-6-14(7-11(15)16)8-12(17)18;3*1-2;/h1-4H,5-8,13H2,(H,15,16)(H,17,18);;;;. The van der Waals surface area contributed by atoms with Crippen molar-refractivity contribution >= 4 is 24.0 Å². The van der Waals surface area contributed by atoms with E-state index in [1.54, 1.807) is 12.1 Å². The molecular formula is C15H16N2O9ReS. The molecule has 28 heavy (non-hydrogen) atoms. The molecule has 11 nitrogen and oxygen atoms in total. The van der Waals surface area contributed by atoms with Crippen LogP contribution in [0.5, 0.6) is 0 Å². The normalized spacial score (nSPS) is 8.29. The maximum atomic E-state index is 10.7. The molecule has 0 unspecified atom stereocenters. The van der Waals surface area contributed by atoms with Crippen LogP contribution in [0.4, 0.5) is 0 Å². The first kappa shape index (κ1) is 33.8. The van der Waals surface area contributed by atoms with Crippen LogP contribution in [0.2, 0.25) is 0 Å². The molecule has 0 heterocycles. The zero-order valence-electron chi connectivity index (χ0n) is 14.2. The molecule has 0 bridgehead atoms. The summed E-state index contributed by atoms with van der Waals surface area (Å²) in [5, 5.41) is 17.5. The van der Waals surface area contributed by atoms with Crippen molar-refractivity contribution in [3.8, 4) is 0 Å². The molecule has 0 amide bonds. The molecular weight excluding hydrogens is 570 g/mol. The van der Waals surface area contributed by atoms with Gasteiger partial charge >= 0.3 is 45.8 Å². The number of nitrogens with zero attached hydrogens (tertiary/aromatic N) is 1. The molecule has 0 saturated heterocycles. The Bertz CT molecular complexity index is 563. The number of hydrogen-bond donors (Lipinski definition) is 3. The Morgan fingerprint density at radius 2 is 1.43 bits per heavy atom. The number of carboxylic acid groups (broad SMARTS) is 2. The molecule has 1 rings (SSSR count). The topological polar surface area (TPSA) is 182 Å². The van der Waals surface area contributed by atoms with Crippen LogP contribution in [0.3, 0.4) is 0 Å². The van der Waals surface area contributed by atoms with Crippen LogP contribution in [0.15, 0.2) is 29.2 Å². The van der Waals surface area contributed by atoms with Gasteiger partial charge in [0.1, 0.15) is 0 Å². The van der Waals surface area contributed by atoms with Gasteiger partial charge in [0.05, 0.1) is 25.1 Å². The molecule has 13 heteroatoms. The Morgan fingerprint density at radius 1 is 1.00 bits per heavy atom. The van der Waals surface area contributed by atoms with E-state index in [4.69, 9.17) is 30.1 Å². The zero-order valence-corrected chi connectivity index (χ0v) is 17.7. The largest absolute Gasteiger partial charge is 0 e. The molecule has 0 fully saturated rings. The van der Waals surface area contributed by atoms with Gasteiger partial charge in [-0.25, -0.2) is 0 Å². The first-order valence-electron chi connectivity index (χ1n) is 6.57. The van der Waals surface area contributed by atoms with Crippen molar-refractivity contribution < 1.29 is 63.5 Å². The maximum Gasteiger partial charge on any atom is 0 e. The van der Waals surface area contributed by atoms with E-state index in [0.29, 0.717) is 13.0 Å². The molecule has 4 N–H and O–H groups in total. The SMILES string of the molecule is NOOSc1ccc(CCN(CC(=O)O)CC(=O)O)cc1.[C-]#[O+].[C-]#[O+].[C-]#[O+].[Re]. The summed E-state index contributed by atoms with van der Waals surface area (Å²) in [6, 6.07) is 7.25. The minimum atomic E-state index is -1.05. The van der Waals surface area contributed by atoms with Gasteiger partial charge in [-0.3, -0.25) is 14.5 Å². The maximum absolute atomic E-state index is 10.7. The Hall–Kier alpha value is -1.77. The number of aliphatic carboxylic acids is 2. The number of hydrogen-bond acceptors (Lipinski definition) is 7. The average molecular weight is 587 g/mol. The predicted octanol–water partition coefficient (Wildman–Crippen LogP) is 0.414. The van der Waals surface area contributed by atoms with Gasteiger partial charge in [-0.15, -0.1) is 9.32 Å². The molecule has 0 spiro atoms. The van der Waals surface area contributed by atoms with Crippen molar-refractivity contribution in [1.29, 1.82) is 0 Å². The van der Waals surface area contributed by atoms with Gasteiger partial charge in [0.2, 0.25) is 0 Å². The fourth-order valence-corrected chi connectivity index (χ4v) is 2.02. The quantitative estimate of drug-likeness (QED) is 0.115. The molecule has 0 aliphatic carbocycles. The number of benzene rings is 1. The minimum absolute atomic E-state index is 0. The predicted molar refractivity (Wildman–Crippen MR) is 85.9 cm³/mol. The summed E-state index contributed by atoms with van der Waals surface area (Å²) < 4.78 is 27.0. The molecule has 1 aromatic rings. The van der Waals surface area contributed by atoms with Crippen LogP contribution in [0, 0.1) is 20.0 Å². The van der Waals surface area contributed by atoms with Gasteiger partial charge in [-0.05, 0) is 24.1 Å². The average Bonchev–Trinajstić information content (AvgIpc) is 2.69. The molecule has 0 aliphatic rings. The van der Waals surface area contributed by atoms with Crippen LogP contribution in [0.25, 0.3) is 0 Å². The fourth-order valence-electron chi connectivity index (χ4n) is 1.65. The van der Waals surface area contributed by atoms with E-state index in [0.717, 1.165) is 22.5 Å². The van der Waals surface area contributed by atoms with Crippen molar-refractivity contribution in [1.82, 2.24) is 4.90 Å².